The zero-order valence-electron chi connectivity index (χ0n) is 22.2. The fraction of sp³-hybridized carbons (Fsp3) is 0.481. The van der Waals surface area contributed by atoms with Gasteiger partial charge in [0, 0.05) is 19.2 Å². The van der Waals surface area contributed by atoms with Gasteiger partial charge in [-0.05, 0) is 37.0 Å². The number of sulfonamides is 1. The van der Waals surface area contributed by atoms with Crippen molar-refractivity contribution in [2.75, 3.05) is 36.9 Å². The summed E-state index contributed by atoms with van der Waals surface area (Å²) < 4.78 is 37.8. The highest BCUT2D eigenvalue weighted by Gasteiger charge is 2.32. The number of benzene rings is 2. The number of amides is 2. The molecule has 1 atom stereocenters. The lowest BCUT2D eigenvalue weighted by Gasteiger charge is -2.33. The Bertz CT molecular complexity index is 1200. The molecule has 2 amide bonds. The van der Waals surface area contributed by atoms with E-state index < -0.39 is 28.5 Å². The van der Waals surface area contributed by atoms with Gasteiger partial charge in [0.2, 0.25) is 21.8 Å². The quantitative estimate of drug-likeness (QED) is 0.478. The van der Waals surface area contributed by atoms with Crippen LogP contribution >= 0.6 is 0 Å². The van der Waals surface area contributed by atoms with Gasteiger partial charge in [-0.1, -0.05) is 50.6 Å². The van der Waals surface area contributed by atoms with Crippen LogP contribution < -0.4 is 19.1 Å². The number of nitrogens with zero attached hydrogens (tertiary/aromatic N) is 2. The van der Waals surface area contributed by atoms with Gasteiger partial charge in [-0.2, -0.15) is 0 Å². The molecule has 1 heterocycles. The summed E-state index contributed by atoms with van der Waals surface area (Å²) in [5, 5.41) is 2.92. The van der Waals surface area contributed by atoms with Crippen LogP contribution in [0.2, 0.25) is 0 Å². The summed E-state index contributed by atoms with van der Waals surface area (Å²) in [6, 6.07) is 11.7. The highest BCUT2D eigenvalue weighted by molar-refractivity contribution is 7.92. The molecule has 9 nitrogen and oxygen atoms in total. The molecule has 202 valence electrons. The third-order valence-electron chi connectivity index (χ3n) is 6.04. The SMILES string of the molecule is CC[C@@H](C(=O)NCC(C)C)N(Cc1ccc(C)cc1)C(=O)CN(c1ccc2c(c1)OCCO2)S(C)(=O)=O. The van der Waals surface area contributed by atoms with E-state index in [1.165, 1.54) is 4.90 Å². The minimum atomic E-state index is -3.84. The molecule has 0 bridgehead atoms. The van der Waals surface area contributed by atoms with E-state index in [2.05, 4.69) is 5.32 Å². The molecule has 3 rings (SSSR count). The number of carbonyl (C=O) groups is 2. The number of rotatable bonds is 11. The lowest BCUT2D eigenvalue weighted by Crippen LogP contribution is -2.52. The van der Waals surface area contributed by atoms with Crippen LogP contribution in [-0.4, -0.2) is 63.7 Å². The molecular weight excluding hydrogens is 494 g/mol. The topological polar surface area (TPSA) is 105 Å². The number of nitrogens with one attached hydrogen (secondary N) is 1. The summed E-state index contributed by atoms with van der Waals surface area (Å²) >= 11 is 0. The Morgan fingerprint density at radius 3 is 2.27 bits per heavy atom. The van der Waals surface area contributed by atoms with Gasteiger partial charge >= 0.3 is 0 Å². The zero-order chi connectivity index (χ0) is 27.2. The Morgan fingerprint density at radius 1 is 1.03 bits per heavy atom. The molecule has 1 aliphatic rings. The molecule has 37 heavy (non-hydrogen) atoms. The van der Waals surface area contributed by atoms with E-state index in [0.717, 1.165) is 21.7 Å². The van der Waals surface area contributed by atoms with Crippen molar-refractivity contribution in [2.24, 2.45) is 5.92 Å². The Balaban J connectivity index is 1.93. The fourth-order valence-corrected chi connectivity index (χ4v) is 4.87. The summed E-state index contributed by atoms with van der Waals surface area (Å²) in [4.78, 5) is 28.3. The van der Waals surface area contributed by atoms with E-state index in [4.69, 9.17) is 9.47 Å². The monoisotopic (exact) mass is 531 g/mol. The number of ether oxygens (including phenoxy) is 2. The first-order chi connectivity index (χ1) is 17.5. The molecule has 0 aliphatic carbocycles. The second-order valence-corrected chi connectivity index (χ2v) is 11.6. The van der Waals surface area contributed by atoms with Crippen LogP contribution in [-0.2, 0) is 26.2 Å². The standard InChI is InChI=1S/C27H37N3O6S/c1-6-23(27(32)28-16-19(2)3)29(17-21-9-7-20(4)8-10-21)26(31)18-30(37(5,33)34)22-11-12-24-25(15-22)36-14-13-35-24/h7-12,15,19,23H,6,13-14,16-18H2,1-5H3,(H,28,32)/t23-/m0/s1. The highest BCUT2D eigenvalue weighted by Crippen LogP contribution is 2.34. The van der Waals surface area contributed by atoms with Gasteiger partial charge in [0.25, 0.3) is 0 Å². The minimum absolute atomic E-state index is 0.172. The van der Waals surface area contributed by atoms with Crippen molar-refractivity contribution in [2.45, 2.75) is 46.7 Å². The molecule has 1 aliphatic heterocycles. The van der Waals surface area contributed by atoms with E-state index in [-0.39, 0.29) is 24.1 Å². The molecule has 0 radical (unpaired) electrons. The van der Waals surface area contributed by atoms with Crippen LogP contribution in [0.5, 0.6) is 11.5 Å². The van der Waals surface area contributed by atoms with E-state index >= 15 is 0 Å². The molecule has 0 spiro atoms. The highest BCUT2D eigenvalue weighted by atomic mass is 32.2. The van der Waals surface area contributed by atoms with Gasteiger partial charge in [-0.25, -0.2) is 8.42 Å². The second-order valence-electron chi connectivity index (χ2n) is 9.67. The van der Waals surface area contributed by atoms with E-state index in [0.29, 0.717) is 37.7 Å². The molecule has 10 heteroatoms. The normalized spacial score (nSPS) is 13.7. The van der Waals surface area contributed by atoms with Gasteiger partial charge in [-0.15, -0.1) is 0 Å². The lowest BCUT2D eigenvalue weighted by molar-refractivity contribution is -0.140. The Hall–Kier alpha value is -3.27. The number of hydrogen-bond acceptors (Lipinski definition) is 6. The van der Waals surface area contributed by atoms with Gasteiger partial charge in [-0.3, -0.25) is 13.9 Å². The van der Waals surface area contributed by atoms with Gasteiger partial charge in [0.15, 0.2) is 11.5 Å². The third-order valence-corrected chi connectivity index (χ3v) is 7.18. The Kier molecular flexibility index (Phi) is 9.42. The summed E-state index contributed by atoms with van der Waals surface area (Å²) in [6.45, 7) is 8.75. The number of aryl methyl sites for hydroxylation is 1. The first kappa shape index (κ1) is 28.3. The molecule has 2 aromatic carbocycles. The fourth-order valence-electron chi connectivity index (χ4n) is 4.03. The number of carbonyl (C=O) groups excluding carboxylic acids is 2. The summed E-state index contributed by atoms with van der Waals surface area (Å²) in [5.41, 5.74) is 2.21. The maximum atomic E-state index is 13.8. The maximum Gasteiger partial charge on any atom is 0.244 e. The molecule has 2 aromatic rings. The van der Waals surface area contributed by atoms with Crippen molar-refractivity contribution in [1.29, 1.82) is 0 Å². The first-order valence-electron chi connectivity index (χ1n) is 12.5. The van der Waals surface area contributed by atoms with Crippen LogP contribution in [0.1, 0.15) is 38.3 Å². The van der Waals surface area contributed by atoms with Crippen molar-refractivity contribution in [3.63, 3.8) is 0 Å². The van der Waals surface area contributed by atoms with Gasteiger partial charge in [0.1, 0.15) is 25.8 Å². The summed E-state index contributed by atoms with van der Waals surface area (Å²) in [7, 11) is -3.84. The van der Waals surface area contributed by atoms with Crippen molar-refractivity contribution in [3.8, 4) is 11.5 Å². The van der Waals surface area contributed by atoms with Crippen molar-refractivity contribution < 1.29 is 27.5 Å². The molecule has 0 aromatic heterocycles. The Labute approximate surface area is 219 Å². The summed E-state index contributed by atoms with van der Waals surface area (Å²) in [6.07, 6.45) is 1.43. The number of anilines is 1. The van der Waals surface area contributed by atoms with Crippen LogP contribution in [0.4, 0.5) is 5.69 Å². The van der Waals surface area contributed by atoms with Gasteiger partial charge < -0.3 is 19.7 Å². The smallest absolute Gasteiger partial charge is 0.244 e. The van der Waals surface area contributed by atoms with Crippen LogP contribution in [0, 0.1) is 12.8 Å². The third kappa shape index (κ3) is 7.61. The molecule has 1 N–H and O–H groups in total. The summed E-state index contributed by atoms with van der Waals surface area (Å²) in [5.74, 6) is 0.442. The lowest BCUT2D eigenvalue weighted by atomic mass is 10.1. The average Bonchev–Trinajstić information content (AvgIpc) is 2.86. The predicted molar refractivity (Wildman–Crippen MR) is 143 cm³/mol. The average molecular weight is 532 g/mol. The van der Waals surface area contributed by atoms with Crippen LogP contribution in [0.25, 0.3) is 0 Å². The number of hydrogen-bond donors (Lipinski definition) is 1. The van der Waals surface area contributed by atoms with E-state index in [1.54, 1.807) is 18.2 Å². The van der Waals surface area contributed by atoms with Crippen molar-refractivity contribution in [1.82, 2.24) is 10.2 Å². The molecule has 0 saturated heterocycles. The van der Waals surface area contributed by atoms with Crippen LogP contribution in [0.15, 0.2) is 42.5 Å². The van der Waals surface area contributed by atoms with E-state index in [1.807, 2.05) is 52.0 Å². The van der Waals surface area contributed by atoms with Gasteiger partial charge in [0.05, 0.1) is 11.9 Å². The predicted octanol–water partition coefficient (Wildman–Crippen LogP) is 3.11. The maximum absolute atomic E-state index is 13.8. The van der Waals surface area contributed by atoms with Crippen molar-refractivity contribution >= 4 is 27.5 Å². The van der Waals surface area contributed by atoms with Crippen molar-refractivity contribution in [3.05, 3.63) is 53.6 Å². The minimum Gasteiger partial charge on any atom is -0.486 e. The first-order valence-corrected chi connectivity index (χ1v) is 14.3. The molecular formula is C27H37N3O6S. The van der Waals surface area contributed by atoms with E-state index in [9.17, 15) is 18.0 Å². The van der Waals surface area contributed by atoms with Crippen LogP contribution in [0.3, 0.4) is 0 Å². The molecule has 0 fully saturated rings. The molecule has 0 unspecified atom stereocenters. The molecule has 0 saturated carbocycles. The zero-order valence-corrected chi connectivity index (χ0v) is 23.0. The Morgan fingerprint density at radius 2 is 1.68 bits per heavy atom. The number of fused-ring (bicyclic) bond motifs is 1. The largest absolute Gasteiger partial charge is 0.486 e. The second kappa shape index (κ2) is 12.3.